The van der Waals surface area contributed by atoms with Crippen molar-refractivity contribution in [1.29, 1.82) is 0 Å². The van der Waals surface area contributed by atoms with Gasteiger partial charge in [-0.2, -0.15) is 13.2 Å². The average Bonchev–Trinajstić information content (AvgIpc) is 2.43. The van der Waals surface area contributed by atoms with E-state index in [2.05, 4.69) is 0 Å². The first kappa shape index (κ1) is 15.4. The summed E-state index contributed by atoms with van der Waals surface area (Å²) in [6, 6.07) is 5.67. The Morgan fingerprint density at radius 1 is 0.905 bits per heavy atom. The van der Waals surface area contributed by atoms with Gasteiger partial charge in [0.15, 0.2) is 11.6 Å². The van der Waals surface area contributed by atoms with Crippen LogP contribution in [0.5, 0.6) is 0 Å². The van der Waals surface area contributed by atoms with Gasteiger partial charge in [-0.3, -0.25) is 0 Å². The van der Waals surface area contributed by atoms with E-state index >= 15 is 0 Å². The Bertz CT molecular complexity index is 664. The van der Waals surface area contributed by atoms with Gasteiger partial charge in [0.25, 0.3) is 0 Å². The number of hydrogen-bond donors (Lipinski definition) is 1. The predicted octanol–water partition coefficient (Wildman–Crippen LogP) is 4.34. The minimum atomic E-state index is -4.62. The highest BCUT2D eigenvalue weighted by atomic mass is 19.4. The number of halogens is 5. The molecule has 0 spiro atoms. The molecule has 112 valence electrons. The van der Waals surface area contributed by atoms with Crippen molar-refractivity contribution in [3.8, 4) is 0 Å². The van der Waals surface area contributed by atoms with E-state index in [1.54, 1.807) is 0 Å². The minimum Gasteiger partial charge on any atom is -0.320 e. The number of rotatable bonds is 2. The van der Waals surface area contributed by atoms with E-state index in [0.717, 1.165) is 12.1 Å². The molecular weight excluding hydrogens is 289 g/mol. The molecule has 0 aromatic heterocycles. The third-order valence-corrected chi connectivity index (χ3v) is 3.24. The Labute approximate surface area is 118 Å². The van der Waals surface area contributed by atoms with Crippen LogP contribution in [0, 0.1) is 18.6 Å². The van der Waals surface area contributed by atoms with Gasteiger partial charge in [0.2, 0.25) is 0 Å². The molecule has 0 aliphatic rings. The second kappa shape index (κ2) is 5.44. The third kappa shape index (κ3) is 2.90. The highest BCUT2D eigenvalue weighted by Gasteiger charge is 2.35. The smallest absolute Gasteiger partial charge is 0.320 e. The van der Waals surface area contributed by atoms with E-state index in [1.165, 1.54) is 31.2 Å². The predicted molar refractivity (Wildman–Crippen MR) is 68.6 cm³/mol. The first-order valence-electron chi connectivity index (χ1n) is 6.09. The van der Waals surface area contributed by atoms with Gasteiger partial charge >= 0.3 is 6.18 Å². The van der Waals surface area contributed by atoms with Gasteiger partial charge in [-0.15, -0.1) is 0 Å². The average molecular weight is 301 g/mol. The Morgan fingerprint density at radius 3 is 2.14 bits per heavy atom. The van der Waals surface area contributed by atoms with Crippen molar-refractivity contribution in [1.82, 2.24) is 0 Å². The number of benzene rings is 2. The topological polar surface area (TPSA) is 26.0 Å². The van der Waals surface area contributed by atoms with Crippen LogP contribution in [-0.2, 0) is 6.18 Å². The fourth-order valence-corrected chi connectivity index (χ4v) is 2.10. The third-order valence-electron chi connectivity index (χ3n) is 3.24. The molecule has 2 aromatic carbocycles. The maximum atomic E-state index is 13.9. The van der Waals surface area contributed by atoms with E-state index in [9.17, 15) is 22.0 Å². The van der Waals surface area contributed by atoms with Gasteiger partial charge in [0.05, 0.1) is 11.6 Å². The molecule has 0 aliphatic heterocycles. The summed E-state index contributed by atoms with van der Waals surface area (Å²) in [6.07, 6.45) is -4.62. The summed E-state index contributed by atoms with van der Waals surface area (Å²) in [5, 5.41) is 0. The lowest BCUT2D eigenvalue weighted by molar-refractivity contribution is -0.138. The van der Waals surface area contributed by atoms with E-state index < -0.39 is 29.4 Å². The largest absolute Gasteiger partial charge is 0.416 e. The molecule has 0 saturated heterocycles. The number of hydrogen-bond acceptors (Lipinski definition) is 1. The molecule has 2 rings (SSSR count). The molecule has 2 aromatic rings. The number of alkyl halides is 3. The zero-order chi connectivity index (χ0) is 15.8. The van der Waals surface area contributed by atoms with Gasteiger partial charge in [-0.05, 0) is 24.1 Å². The first-order valence-corrected chi connectivity index (χ1v) is 6.09. The van der Waals surface area contributed by atoms with E-state index in [1.807, 2.05) is 0 Å². The minimum absolute atomic E-state index is 0.0626. The van der Waals surface area contributed by atoms with Gasteiger partial charge < -0.3 is 5.73 Å². The van der Waals surface area contributed by atoms with Crippen LogP contribution in [-0.4, -0.2) is 0 Å². The first-order chi connectivity index (χ1) is 9.73. The second-order valence-electron chi connectivity index (χ2n) is 4.66. The molecule has 6 heteroatoms. The van der Waals surface area contributed by atoms with Crippen LogP contribution in [0.2, 0.25) is 0 Å². The molecule has 1 atom stereocenters. The molecule has 0 radical (unpaired) electrons. The molecule has 0 fully saturated rings. The zero-order valence-corrected chi connectivity index (χ0v) is 11.0. The number of nitrogens with two attached hydrogens (primary N) is 1. The molecular formula is C15H12F5N. The molecule has 21 heavy (non-hydrogen) atoms. The normalized spacial score (nSPS) is 13.3. The SMILES string of the molecule is Cc1ccc(C(N)c2ccccc2C(F)(F)F)c(F)c1F. The van der Waals surface area contributed by atoms with Crippen molar-refractivity contribution < 1.29 is 22.0 Å². The van der Waals surface area contributed by atoms with Crippen LogP contribution in [0.15, 0.2) is 36.4 Å². The summed E-state index contributed by atoms with van der Waals surface area (Å²) in [6.45, 7) is 1.36. The summed E-state index contributed by atoms with van der Waals surface area (Å²) < 4.78 is 66.3. The summed E-state index contributed by atoms with van der Waals surface area (Å²) in [4.78, 5) is 0. The Balaban J connectivity index is 2.56. The Kier molecular flexibility index (Phi) is 4.00. The molecule has 1 unspecified atom stereocenters. The molecule has 0 amide bonds. The quantitative estimate of drug-likeness (QED) is 0.820. The van der Waals surface area contributed by atoms with Gasteiger partial charge in [0, 0.05) is 5.56 Å². The molecule has 0 saturated carbocycles. The molecule has 1 nitrogen and oxygen atoms in total. The summed E-state index contributed by atoms with van der Waals surface area (Å²) >= 11 is 0. The van der Waals surface area contributed by atoms with Crippen LogP contribution >= 0.6 is 0 Å². The maximum Gasteiger partial charge on any atom is 0.416 e. The van der Waals surface area contributed by atoms with Crippen LogP contribution in [0.25, 0.3) is 0 Å². The van der Waals surface area contributed by atoms with Crippen LogP contribution in [0.4, 0.5) is 22.0 Å². The van der Waals surface area contributed by atoms with Crippen LogP contribution < -0.4 is 5.73 Å². The van der Waals surface area contributed by atoms with Crippen molar-refractivity contribution in [3.63, 3.8) is 0 Å². The lowest BCUT2D eigenvalue weighted by Crippen LogP contribution is -2.20. The van der Waals surface area contributed by atoms with Crippen molar-refractivity contribution in [2.75, 3.05) is 0 Å². The van der Waals surface area contributed by atoms with Crippen molar-refractivity contribution >= 4 is 0 Å². The highest BCUT2D eigenvalue weighted by molar-refractivity contribution is 5.40. The van der Waals surface area contributed by atoms with Gasteiger partial charge in [-0.1, -0.05) is 30.3 Å². The van der Waals surface area contributed by atoms with Crippen molar-refractivity contribution in [2.45, 2.75) is 19.1 Å². The highest BCUT2D eigenvalue weighted by Crippen LogP contribution is 2.36. The number of aryl methyl sites for hydroxylation is 1. The molecule has 2 N–H and O–H groups in total. The summed E-state index contributed by atoms with van der Waals surface area (Å²) in [5.41, 5.74) is 4.22. The molecule has 0 heterocycles. The summed E-state index contributed by atoms with van der Waals surface area (Å²) in [5.74, 6) is -2.33. The summed E-state index contributed by atoms with van der Waals surface area (Å²) in [7, 11) is 0. The van der Waals surface area contributed by atoms with Gasteiger partial charge in [0.1, 0.15) is 0 Å². The fraction of sp³-hybridized carbons (Fsp3) is 0.200. The zero-order valence-electron chi connectivity index (χ0n) is 11.0. The lowest BCUT2D eigenvalue weighted by Gasteiger charge is -2.19. The Hall–Kier alpha value is -1.95. The van der Waals surface area contributed by atoms with E-state index in [-0.39, 0.29) is 16.7 Å². The van der Waals surface area contributed by atoms with Crippen LogP contribution in [0.3, 0.4) is 0 Å². The van der Waals surface area contributed by atoms with Crippen molar-refractivity contribution in [3.05, 3.63) is 70.3 Å². The van der Waals surface area contributed by atoms with Crippen LogP contribution in [0.1, 0.15) is 28.3 Å². The monoisotopic (exact) mass is 301 g/mol. The lowest BCUT2D eigenvalue weighted by atomic mass is 9.93. The molecule has 0 aliphatic carbocycles. The van der Waals surface area contributed by atoms with Crippen molar-refractivity contribution in [2.24, 2.45) is 5.73 Å². The van der Waals surface area contributed by atoms with E-state index in [0.29, 0.717) is 0 Å². The van der Waals surface area contributed by atoms with E-state index in [4.69, 9.17) is 5.73 Å². The Morgan fingerprint density at radius 2 is 1.52 bits per heavy atom. The second-order valence-corrected chi connectivity index (χ2v) is 4.66. The fourth-order valence-electron chi connectivity index (χ4n) is 2.10. The standard InChI is InChI=1S/C15H12F5N/c1-8-6-7-10(13(17)12(8)16)14(21)9-4-2-3-5-11(9)15(18,19)20/h2-7,14H,21H2,1H3. The van der Waals surface area contributed by atoms with Gasteiger partial charge in [-0.25, -0.2) is 8.78 Å². The maximum absolute atomic E-state index is 13.9. The molecule has 0 bridgehead atoms.